The molecule has 0 spiro atoms. The Kier molecular flexibility index (Phi) is 3.71. The lowest BCUT2D eigenvalue weighted by Crippen LogP contribution is -2.14. The second-order valence-electron chi connectivity index (χ2n) is 4.23. The Balaban J connectivity index is 2.32. The third-order valence-corrected chi connectivity index (χ3v) is 3.38. The van der Waals surface area contributed by atoms with Gasteiger partial charge in [0.15, 0.2) is 0 Å². The third kappa shape index (κ3) is 2.68. The van der Waals surface area contributed by atoms with Crippen molar-refractivity contribution in [3.05, 3.63) is 45.0 Å². The Morgan fingerprint density at radius 2 is 2.05 bits per heavy atom. The third-order valence-electron chi connectivity index (χ3n) is 2.78. The molecule has 4 nitrogen and oxygen atoms in total. The van der Waals surface area contributed by atoms with Crippen molar-refractivity contribution in [3.63, 3.8) is 0 Å². The van der Waals surface area contributed by atoms with Crippen molar-refractivity contribution in [2.45, 2.75) is 20.8 Å². The number of hydrogen-bond acceptors (Lipinski definition) is 3. The largest absolute Gasteiger partial charge is 0.361 e. The maximum absolute atomic E-state index is 13.3. The predicted molar refractivity (Wildman–Crippen MR) is 72.8 cm³/mol. The first-order valence-corrected chi connectivity index (χ1v) is 6.39. The van der Waals surface area contributed by atoms with Crippen molar-refractivity contribution in [3.8, 4) is 0 Å². The Labute approximate surface area is 118 Å². The molecule has 2 rings (SSSR count). The van der Waals surface area contributed by atoms with Crippen molar-refractivity contribution < 1.29 is 13.7 Å². The number of amides is 1. The smallest absolute Gasteiger partial charge is 0.261 e. The molecule has 0 aliphatic rings. The molecule has 2 aromatic rings. The predicted octanol–water partition coefficient (Wildman–Crippen LogP) is 3.75. The van der Waals surface area contributed by atoms with Crippen LogP contribution in [0, 0.1) is 26.6 Å². The summed E-state index contributed by atoms with van der Waals surface area (Å²) in [5, 5.41) is 6.45. The normalized spacial score (nSPS) is 10.6. The molecule has 1 heterocycles. The van der Waals surface area contributed by atoms with Crippen LogP contribution in [-0.2, 0) is 0 Å². The zero-order valence-electron chi connectivity index (χ0n) is 10.7. The van der Waals surface area contributed by atoms with E-state index in [4.69, 9.17) is 4.52 Å². The molecule has 0 fully saturated rings. The number of aryl methyl sites for hydroxylation is 3. The molecule has 0 aliphatic heterocycles. The van der Waals surface area contributed by atoms with Crippen LogP contribution in [0.25, 0.3) is 0 Å². The van der Waals surface area contributed by atoms with Crippen LogP contribution in [0.5, 0.6) is 0 Å². The van der Waals surface area contributed by atoms with Crippen LogP contribution in [0.3, 0.4) is 0 Å². The number of hydrogen-bond donors (Lipinski definition) is 1. The number of carbonyl (C=O) groups is 1. The van der Waals surface area contributed by atoms with Gasteiger partial charge in [-0.05, 0) is 54.4 Å². The highest BCUT2D eigenvalue weighted by molar-refractivity contribution is 9.10. The molecule has 1 N–H and O–H groups in total. The van der Waals surface area contributed by atoms with E-state index in [0.717, 1.165) is 0 Å². The van der Waals surface area contributed by atoms with Gasteiger partial charge in [0.2, 0.25) is 0 Å². The van der Waals surface area contributed by atoms with Crippen LogP contribution in [0.1, 0.15) is 27.4 Å². The average molecular weight is 327 g/mol. The summed E-state index contributed by atoms with van der Waals surface area (Å²) in [5.74, 6) is -0.237. The molecular weight excluding hydrogens is 315 g/mol. The van der Waals surface area contributed by atoms with E-state index in [1.165, 1.54) is 12.1 Å². The van der Waals surface area contributed by atoms with Gasteiger partial charge in [0.1, 0.15) is 17.1 Å². The number of rotatable bonds is 2. The van der Waals surface area contributed by atoms with E-state index in [1.54, 1.807) is 20.8 Å². The second-order valence-corrected chi connectivity index (χ2v) is 5.09. The maximum atomic E-state index is 13.3. The molecule has 1 amide bonds. The minimum Gasteiger partial charge on any atom is -0.361 e. The van der Waals surface area contributed by atoms with Gasteiger partial charge < -0.3 is 9.84 Å². The van der Waals surface area contributed by atoms with Crippen LogP contribution >= 0.6 is 15.9 Å². The Morgan fingerprint density at radius 3 is 2.63 bits per heavy atom. The maximum Gasteiger partial charge on any atom is 0.261 e. The molecule has 100 valence electrons. The first-order valence-electron chi connectivity index (χ1n) is 5.60. The summed E-state index contributed by atoms with van der Waals surface area (Å²) in [6, 6.07) is 2.88. The molecule has 6 heteroatoms. The van der Waals surface area contributed by atoms with E-state index in [1.807, 2.05) is 0 Å². The number of carbonyl (C=O) groups excluding carboxylic acids is 1. The number of halogens is 2. The summed E-state index contributed by atoms with van der Waals surface area (Å²) in [6.45, 7) is 5.08. The Bertz CT molecular complexity index is 633. The summed E-state index contributed by atoms with van der Waals surface area (Å²) in [5.41, 5.74) is 2.10. The minimum atomic E-state index is -0.368. The molecule has 0 radical (unpaired) electrons. The second kappa shape index (κ2) is 5.13. The van der Waals surface area contributed by atoms with Gasteiger partial charge in [0, 0.05) is 5.69 Å². The van der Waals surface area contributed by atoms with Crippen molar-refractivity contribution in [1.29, 1.82) is 0 Å². The van der Waals surface area contributed by atoms with E-state index in [2.05, 4.69) is 26.4 Å². The fourth-order valence-corrected chi connectivity index (χ4v) is 2.12. The van der Waals surface area contributed by atoms with Crippen LogP contribution in [0.2, 0.25) is 0 Å². The number of benzene rings is 1. The quantitative estimate of drug-likeness (QED) is 0.914. The lowest BCUT2D eigenvalue weighted by molar-refractivity contribution is 0.102. The van der Waals surface area contributed by atoms with Gasteiger partial charge in [-0.25, -0.2) is 4.39 Å². The van der Waals surface area contributed by atoms with E-state index >= 15 is 0 Å². The summed E-state index contributed by atoms with van der Waals surface area (Å²) >= 11 is 3.09. The standard InChI is InChI=1S/C13H12BrFN2O2/c1-6-4-10(15)9(14)5-11(6)16-13(18)12-7(2)17-19-8(12)3/h4-5H,1-3H3,(H,16,18). The zero-order chi connectivity index (χ0) is 14.2. The van der Waals surface area contributed by atoms with E-state index in [9.17, 15) is 9.18 Å². The summed E-state index contributed by atoms with van der Waals surface area (Å²) in [7, 11) is 0. The number of nitrogens with zero attached hydrogens (tertiary/aromatic N) is 1. The highest BCUT2D eigenvalue weighted by Gasteiger charge is 2.18. The molecule has 0 aliphatic carbocycles. The minimum absolute atomic E-state index is 0.298. The lowest BCUT2D eigenvalue weighted by atomic mass is 10.1. The Morgan fingerprint density at radius 1 is 1.37 bits per heavy atom. The molecule has 19 heavy (non-hydrogen) atoms. The van der Waals surface area contributed by atoms with Crippen molar-refractivity contribution >= 4 is 27.5 Å². The van der Waals surface area contributed by atoms with E-state index < -0.39 is 0 Å². The number of aromatic nitrogens is 1. The van der Waals surface area contributed by atoms with Gasteiger partial charge >= 0.3 is 0 Å². The molecule has 0 saturated carbocycles. The zero-order valence-corrected chi connectivity index (χ0v) is 12.3. The first kappa shape index (κ1) is 13.7. The molecule has 0 unspecified atom stereocenters. The van der Waals surface area contributed by atoms with Crippen molar-refractivity contribution in [1.82, 2.24) is 5.16 Å². The van der Waals surface area contributed by atoms with Gasteiger partial charge in [0.25, 0.3) is 5.91 Å². The topological polar surface area (TPSA) is 55.1 Å². The monoisotopic (exact) mass is 326 g/mol. The fraction of sp³-hybridized carbons (Fsp3) is 0.231. The molecule has 1 aromatic carbocycles. The average Bonchev–Trinajstić information content (AvgIpc) is 2.66. The Hall–Kier alpha value is -1.69. The SMILES string of the molecule is Cc1cc(F)c(Br)cc1NC(=O)c1c(C)noc1C. The van der Waals surface area contributed by atoms with Crippen LogP contribution in [-0.4, -0.2) is 11.1 Å². The van der Waals surface area contributed by atoms with Crippen LogP contribution < -0.4 is 5.32 Å². The van der Waals surface area contributed by atoms with E-state index in [0.29, 0.717) is 32.7 Å². The number of anilines is 1. The van der Waals surface area contributed by atoms with Gasteiger partial charge in [-0.1, -0.05) is 5.16 Å². The summed E-state index contributed by atoms with van der Waals surface area (Å²) in [4.78, 5) is 12.1. The van der Waals surface area contributed by atoms with Crippen molar-refractivity contribution in [2.24, 2.45) is 0 Å². The van der Waals surface area contributed by atoms with Gasteiger partial charge in [0.05, 0.1) is 10.2 Å². The lowest BCUT2D eigenvalue weighted by Gasteiger charge is -2.09. The van der Waals surface area contributed by atoms with Crippen molar-refractivity contribution in [2.75, 3.05) is 5.32 Å². The fourth-order valence-electron chi connectivity index (χ4n) is 1.77. The van der Waals surface area contributed by atoms with Crippen LogP contribution in [0.15, 0.2) is 21.1 Å². The first-order chi connectivity index (χ1) is 8.90. The molecule has 0 saturated heterocycles. The highest BCUT2D eigenvalue weighted by atomic mass is 79.9. The molecule has 0 atom stereocenters. The summed E-state index contributed by atoms with van der Waals surface area (Å²) in [6.07, 6.45) is 0. The molecule has 0 bridgehead atoms. The van der Waals surface area contributed by atoms with Crippen LogP contribution in [0.4, 0.5) is 10.1 Å². The molecular formula is C13H12BrFN2O2. The van der Waals surface area contributed by atoms with Gasteiger partial charge in [-0.3, -0.25) is 4.79 Å². The van der Waals surface area contributed by atoms with Gasteiger partial charge in [-0.15, -0.1) is 0 Å². The highest BCUT2D eigenvalue weighted by Crippen LogP contribution is 2.25. The van der Waals surface area contributed by atoms with Gasteiger partial charge in [-0.2, -0.15) is 0 Å². The summed E-state index contributed by atoms with van der Waals surface area (Å²) < 4.78 is 18.6. The van der Waals surface area contributed by atoms with E-state index in [-0.39, 0.29) is 11.7 Å². The number of nitrogens with one attached hydrogen (secondary N) is 1. The molecule has 1 aromatic heterocycles.